The Morgan fingerprint density at radius 2 is 1.51 bits per heavy atom. The fourth-order valence-electron chi connectivity index (χ4n) is 3.54. The normalized spacial score (nSPS) is 10.7. The minimum atomic E-state index is -0.453. The van der Waals surface area contributed by atoms with Gasteiger partial charge < -0.3 is 18.9 Å². The van der Waals surface area contributed by atoms with Crippen molar-refractivity contribution in [1.29, 1.82) is 0 Å². The molecule has 0 bridgehead atoms. The molecule has 0 heterocycles. The van der Waals surface area contributed by atoms with Gasteiger partial charge in [-0.3, -0.25) is 0 Å². The molecule has 39 heavy (non-hydrogen) atoms. The molecule has 0 aromatic heterocycles. The number of esters is 3. The van der Waals surface area contributed by atoms with E-state index in [4.69, 9.17) is 18.9 Å². The largest absolute Gasteiger partial charge is 0.494 e. The van der Waals surface area contributed by atoms with E-state index in [1.54, 1.807) is 49.4 Å². The second-order valence-electron chi connectivity index (χ2n) is 9.33. The first-order valence-electron chi connectivity index (χ1n) is 13.5. The van der Waals surface area contributed by atoms with Gasteiger partial charge in [-0.2, -0.15) is 0 Å². The van der Waals surface area contributed by atoms with Crippen LogP contribution in [0, 0.1) is 6.92 Å². The first kappa shape index (κ1) is 31.3. The third-order valence-corrected chi connectivity index (χ3v) is 5.74. The smallest absolute Gasteiger partial charge is 0.343 e. The van der Waals surface area contributed by atoms with Gasteiger partial charge in [0.2, 0.25) is 0 Å². The average Bonchev–Trinajstić information content (AvgIpc) is 2.93. The molecule has 0 aliphatic heterocycles. The van der Waals surface area contributed by atoms with Crippen LogP contribution >= 0.6 is 0 Å². The predicted octanol–water partition coefficient (Wildman–Crippen LogP) is 7.02. The highest BCUT2D eigenvalue weighted by Crippen LogP contribution is 2.22. The second kappa shape index (κ2) is 17.6. The number of ether oxygens (including phenoxy) is 4. The zero-order valence-corrected chi connectivity index (χ0v) is 23.3. The molecule has 2 aromatic carbocycles. The second-order valence-corrected chi connectivity index (χ2v) is 9.33. The van der Waals surface area contributed by atoms with Crippen LogP contribution in [0.4, 0.5) is 0 Å². The number of carbonyl (C=O) groups is 3. The highest BCUT2D eigenvalue weighted by Gasteiger charge is 2.11. The van der Waals surface area contributed by atoms with E-state index in [1.165, 1.54) is 6.08 Å². The van der Waals surface area contributed by atoms with Gasteiger partial charge in [0.15, 0.2) is 0 Å². The molecule has 0 radical (unpaired) electrons. The molecule has 2 aromatic rings. The van der Waals surface area contributed by atoms with E-state index < -0.39 is 5.97 Å². The number of aryl methyl sites for hydroxylation is 1. The molecule has 7 nitrogen and oxygen atoms in total. The van der Waals surface area contributed by atoms with Crippen molar-refractivity contribution in [2.24, 2.45) is 0 Å². The summed E-state index contributed by atoms with van der Waals surface area (Å²) in [5.41, 5.74) is 2.45. The molecule has 0 N–H and O–H groups in total. The standard InChI is InChI=1S/C32H40O7/c1-5-20-37-30(33)19-13-26-12-18-29(25(4)23-26)39-32(35)27-14-16-28(17-15-27)36-21-10-8-6-7-9-11-22-38-31(34)24(2)3/h12-19,23H,2,5-11,20-22H2,1,3-4H3/b19-13+. The van der Waals surface area contributed by atoms with Crippen LogP contribution in [0.5, 0.6) is 11.5 Å². The Kier molecular flexibility index (Phi) is 14.2. The molecule has 2 rings (SSSR count). The maximum atomic E-state index is 12.6. The van der Waals surface area contributed by atoms with Gasteiger partial charge in [-0.15, -0.1) is 0 Å². The Morgan fingerprint density at radius 1 is 0.846 bits per heavy atom. The molecular formula is C32H40O7. The van der Waals surface area contributed by atoms with E-state index in [1.807, 2.05) is 19.9 Å². The van der Waals surface area contributed by atoms with Crippen molar-refractivity contribution in [2.45, 2.75) is 65.7 Å². The van der Waals surface area contributed by atoms with Gasteiger partial charge in [0.25, 0.3) is 0 Å². The van der Waals surface area contributed by atoms with Crippen molar-refractivity contribution >= 4 is 24.0 Å². The quantitative estimate of drug-likeness (QED) is 0.0929. The zero-order chi connectivity index (χ0) is 28.5. The van der Waals surface area contributed by atoms with E-state index in [2.05, 4.69) is 6.58 Å². The maximum Gasteiger partial charge on any atom is 0.343 e. The topological polar surface area (TPSA) is 88.1 Å². The van der Waals surface area contributed by atoms with Gasteiger partial charge in [0.05, 0.1) is 25.4 Å². The lowest BCUT2D eigenvalue weighted by Gasteiger charge is -2.10. The lowest BCUT2D eigenvalue weighted by molar-refractivity contribution is -0.139. The van der Waals surface area contributed by atoms with Crippen LogP contribution in [0.1, 0.15) is 80.3 Å². The lowest BCUT2D eigenvalue weighted by Crippen LogP contribution is -2.09. The van der Waals surface area contributed by atoms with Crippen molar-refractivity contribution in [2.75, 3.05) is 19.8 Å². The van der Waals surface area contributed by atoms with Gasteiger partial charge in [0.1, 0.15) is 11.5 Å². The number of rotatable bonds is 17. The molecule has 0 aliphatic rings. The summed E-state index contributed by atoms with van der Waals surface area (Å²) in [4.78, 5) is 35.5. The molecular weight excluding hydrogens is 496 g/mol. The number of hydrogen-bond acceptors (Lipinski definition) is 7. The molecule has 0 fully saturated rings. The first-order valence-corrected chi connectivity index (χ1v) is 13.5. The molecule has 210 valence electrons. The van der Waals surface area contributed by atoms with Crippen molar-refractivity contribution in [3.8, 4) is 11.5 Å². The van der Waals surface area contributed by atoms with Crippen molar-refractivity contribution in [3.63, 3.8) is 0 Å². The molecule has 0 spiro atoms. The minimum Gasteiger partial charge on any atom is -0.494 e. The Labute approximate surface area is 231 Å². The summed E-state index contributed by atoms with van der Waals surface area (Å²) in [6.07, 6.45) is 9.92. The molecule has 0 amide bonds. The van der Waals surface area contributed by atoms with Crippen LogP contribution in [0.3, 0.4) is 0 Å². The lowest BCUT2D eigenvalue weighted by atomic mass is 10.1. The monoisotopic (exact) mass is 536 g/mol. The molecule has 0 saturated heterocycles. The SMILES string of the molecule is C=C(C)C(=O)OCCCCCCCCOc1ccc(C(=O)Oc2ccc(/C=C/C(=O)OCCC)cc2C)cc1. The summed E-state index contributed by atoms with van der Waals surface area (Å²) in [5.74, 6) is 0.000353. The third-order valence-electron chi connectivity index (χ3n) is 5.74. The summed E-state index contributed by atoms with van der Waals surface area (Å²) >= 11 is 0. The molecule has 0 saturated carbocycles. The predicted molar refractivity (Wildman–Crippen MR) is 152 cm³/mol. The van der Waals surface area contributed by atoms with Crippen molar-refractivity contribution in [3.05, 3.63) is 77.4 Å². The first-order chi connectivity index (χ1) is 18.8. The van der Waals surface area contributed by atoms with E-state index in [-0.39, 0.29) is 11.9 Å². The van der Waals surface area contributed by atoms with E-state index in [0.717, 1.165) is 56.1 Å². The van der Waals surface area contributed by atoms with Crippen LogP contribution < -0.4 is 9.47 Å². The fraction of sp³-hybridized carbons (Fsp3) is 0.406. The number of unbranched alkanes of at least 4 members (excludes halogenated alkanes) is 5. The summed E-state index contributed by atoms with van der Waals surface area (Å²) in [5, 5.41) is 0. The molecule has 0 atom stereocenters. The number of benzene rings is 2. The average molecular weight is 537 g/mol. The Balaban J connectivity index is 1.67. The van der Waals surface area contributed by atoms with Crippen LogP contribution in [0.2, 0.25) is 0 Å². The molecule has 0 unspecified atom stereocenters. The van der Waals surface area contributed by atoms with Crippen LogP contribution in [-0.4, -0.2) is 37.7 Å². The van der Waals surface area contributed by atoms with Gasteiger partial charge in [-0.1, -0.05) is 45.3 Å². The zero-order valence-electron chi connectivity index (χ0n) is 23.3. The van der Waals surface area contributed by atoms with Gasteiger partial charge >= 0.3 is 17.9 Å². The van der Waals surface area contributed by atoms with E-state index >= 15 is 0 Å². The number of carbonyl (C=O) groups excluding carboxylic acids is 3. The minimum absolute atomic E-state index is 0.324. The summed E-state index contributed by atoms with van der Waals surface area (Å²) in [7, 11) is 0. The van der Waals surface area contributed by atoms with Crippen molar-refractivity contribution in [1.82, 2.24) is 0 Å². The van der Waals surface area contributed by atoms with Gasteiger partial charge in [0, 0.05) is 11.6 Å². The fourth-order valence-corrected chi connectivity index (χ4v) is 3.54. The highest BCUT2D eigenvalue weighted by atomic mass is 16.5. The van der Waals surface area contributed by atoms with E-state index in [9.17, 15) is 14.4 Å². The van der Waals surface area contributed by atoms with Gasteiger partial charge in [-0.05, 0) is 86.7 Å². The van der Waals surface area contributed by atoms with Crippen LogP contribution in [0.15, 0.2) is 60.7 Å². The summed E-state index contributed by atoms with van der Waals surface area (Å²) in [6.45, 7) is 10.4. The Bertz CT molecular complexity index is 1120. The maximum absolute atomic E-state index is 12.6. The highest BCUT2D eigenvalue weighted by molar-refractivity contribution is 5.91. The Morgan fingerprint density at radius 3 is 2.15 bits per heavy atom. The van der Waals surface area contributed by atoms with Gasteiger partial charge in [-0.25, -0.2) is 14.4 Å². The van der Waals surface area contributed by atoms with Crippen LogP contribution in [0.25, 0.3) is 6.08 Å². The molecule has 7 heteroatoms. The summed E-state index contributed by atoms with van der Waals surface area (Å²) < 4.78 is 21.5. The van der Waals surface area contributed by atoms with Crippen molar-refractivity contribution < 1.29 is 33.3 Å². The van der Waals surface area contributed by atoms with E-state index in [0.29, 0.717) is 42.5 Å². The van der Waals surface area contributed by atoms with Crippen LogP contribution in [-0.2, 0) is 19.1 Å². The third kappa shape index (κ3) is 12.5. The summed E-state index contributed by atoms with van der Waals surface area (Å²) in [6, 6.07) is 12.2. The Hall–Kier alpha value is -3.87. The number of hydrogen-bond donors (Lipinski definition) is 0. The molecule has 0 aliphatic carbocycles.